The van der Waals surface area contributed by atoms with Crippen LogP contribution in [-0.2, 0) is 10.1 Å². The Bertz CT molecular complexity index is 573. The average molecular weight is 348 g/mol. The van der Waals surface area contributed by atoms with Gasteiger partial charge in [-0.1, -0.05) is 36.4 Å². The predicted octanol–water partition coefficient (Wildman–Crippen LogP) is 2.09. The molecule has 2 aromatic carbocycles. The van der Waals surface area contributed by atoms with E-state index in [0.717, 1.165) is 5.39 Å². The maximum absolute atomic E-state index is 11.0. The van der Waals surface area contributed by atoms with Crippen LogP contribution in [0, 0.1) is 41.7 Å². The SMILES string of the molecule is O=S(=O)(O)c1cccc2ccccc12.[Ce]. The molecule has 0 radical (unpaired) electrons. The topological polar surface area (TPSA) is 54.4 Å². The first-order valence-corrected chi connectivity index (χ1v) is 5.48. The van der Waals surface area contributed by atoms with Gasteiger partial charge in [-0.2, -0.15) is 8.42 Å². The summed E-state index contributed by atoms with van der Waals surface area (Å²) in [6.07, 6.45) is 0. The average Bonchev–Trinajstić information content (AvgIpc) is 2.15. The Balaban J connectivity index is 0.00000112. The second-order valence-corrected chi connectivity index (χ2v) is 4.34. The van der Waals surface area contributed by atoms with Crippen molar-refractivity contribution in [3.63, 3.8) is 0 Å². The third-order valence-corrected chi connectivity index (χ3v) is 2.94. The van der Waals surface area contributed by atoms with Crippen LogP contribution in [0.1, 0.15) is 0 Å². The molecular weight excluding hydrogens is 340 g/mol. The Morgan fingerprint density at radius 2 is 1.53 bits per heavy atom. The number of rotatable bonds is 1. The van der Waals surface area contributed by atoms with Crippen LogP contribution in [0.25, 0.3) is 10.8 Å². The smallest absolute Gasteiger partial charge is 0.282 e. The summed E-state index contributed by atoms with van der Waals surface area (Å²) in [6.45, 7) is 0. The molecule has 0 saturated carbocycles. The van der Waals surface area contributed by atoms with Gasteiger partial charge in [-0.25, -0.2) is 0 Å². The van der Waals surface area contributed by atoms with Crippen molar-refractivity contribution in [2.45, 2.75) is 4.90 Å². The predicted molar refractivity (Wildman–Crippen MR) is 53.8 cm³/mol. The van der Waals surface area contributed by atoms with E-state index in [1.807, 2.05) is 6.07 Å². The summed E-state index contributed by atoms with van der Waals surface area (Å²) in [5, 5.41) is 1.33. The van der Waals surface area contributed by atoms with E-state index in [9.17, 15) is 8.42 Å². The second-order valence-electron chi connectivity index (χ2n) is 2.95. The van der Waals surface area contributed by atoms with Crippen molar-refractivity contribution >= 4 is 20.9 Å². The van der Waals surface area contributed by atoms with Gasteiger partial charge in [0, 0.05) is 47.1 Å². The summed E-state index contributed by atoms with van der Waals surface area (Å²) in [5.74, 6) is 0. The Kier molecular flexibility index (Phi) is 4.25. The normalized spacial score (nSPS) is 11.0. The third-order valence-electron chi connectivity index (χ3n) is 2.03. The first-order chi connectivity index (χ1) is 6.59. The van der Waals surface area contributed by atoms with Crippen LogP contribution in [0.4, 0.5) is 0 Å². The minimum atomic E-state index is -4.13. The van der Waals surface area contributed by atoms with Crippen LogP contribution in [-0.4, -0.2) is 13.0 Å². The van der Waals surface area contributed by atoms with Gasteiger partial charge in [-0.05, 0) is 11.5 Å². The van der Waals surface area contributed by atoms with E-state index >= 15 is 0 Å². The van der Waals surface area contributed by atoms with Gasteiger partial charge in [-0.3, -0.25) is 4.55 Å². The van der Waals surface area contributed by atoms with Crippen LogP contribution in [0.3, 0.4) is 0 Å². The van der Waals surface area contributed by atoms with Crippen LogP contribution < -0.4 is 0 Å². The van der Waals surface area contributed by atoms with Crippen molar-refractivity contribution in [2.75, 3.05) is 0 Å². The van der Waals surface area contributed by atoms with Gasteiger partial charge in [0.15, 0.2) is 0 Å². The van der Waals surface area contributed by atoms with E-state index in [0.29, 0.717) is 5.39 Å². The van der Waals surface area contributed by atoms with E-state index in [4.69, 9.17) is 4.55 Å². The van der Waals surface area contributed by atoms with E-state index in [-0.39, 0.29) is 46.6 Å². The molecule has 0 heterocycles. The fourth-order valence-corrected chi connectivity index (χ4v) is 2.13. The van der Waals surface area contributed by atoms with E-state index in [1.54, 1.807) is 30.3 Å². The van der Waals surface area contributed by atoms with Gasteiger partial charge in [0.05, 0.1) is 0 Å². The van der Waals surface area contributed by atoms with Crippen LogP contribution in [0.15, 0.2) is 47.4 Å². The summed E-state index contributed by atoms with van der Waals surface area (Å²) in [5.41, 5.74) is 0. The zero-order chi connectivity index (χ0) is 10.2. The van der Waals surface area contributed by atoms with Gasteiger partial charge >= 0.3 is 0 Å². The molecule has 0 aliphatic rings. The summed E-state index contributed by atoms with van der Waals surface area (Å²) < 4.78 is 31.0. The monoisotopic (exact) mass is 348 g/mol. The summed E-state index contributed by atoms with van der Waals surface area (Å²) in [6, 6.07) is 11.8. The molecule has 1 N–H and O–H groups in total. The molecule has 0 fully saturated rings. The Labute approximate surface area is 122 Å². The van der Waals surface area contributed by atoms with Gasteiger partial charge in [-0.15, -0.1) is 0 Å². The van der Waals surface area contributed by atoms with Crippen LogP contribution in [0.2, 0.25) is 0 Å². The minimum Gasteiger partial charge on any atom is -0.282 e. The van der Waals surface area contributed by atoms with E-state index < -0.39 is 10.1 Å². The van der Waals surface area contributed by atoms with Gasteiger partial charge in [0.25, 0.3) is 10.1 Å². The first kappa shape index (κ1) is 13.1. The molecule has 3 nitrogen and oxygen atoms in total. The van der Waals surface area contributed by atoms with Crippen molar-refractivity contribution in [2.24, 2.45) is 0 Å². The zero-order valence-corrected chi connectivity index (χ0v) is 11.7. The summed E-state index contributed by atoms with van der Waals surface area (Å²) in [7, 11) is -4.13. The number of hydrogen-bond acceptors (Lipinski definition) is 2. The Hall–Kier alpha value is -0.0134. The molecule has 0 saturated heterocycles. The molecule has 0 aliphatic heterocycles. The maximum atomic E-state index is 11.0. The third kappa shape index (κ3) is 2.76. The van der Waals surface area contributed by atoms with Gasteiger partial charge in [0.2, 0.25) is 0 Å². The molecule has 2 rings (SSSR count). The quantitative estimate of drug-likeness (QED) is 0.803. The molecule has 0 aliphatic carbocycles. The van der Waals surface area contributed by atoms with Crippen LogP contribution in [0.5, 0.6) is 0 Å². The molecule has 15 heavy (non-hydrogen) atoms. The van der Waals surface area contributed by atoms with Crippen molar-refractivity contribution in [3.8, 4) is 0 Å². The Morgan fingerprint density at radius 3 is 2.20 bits per heavy atom. The zero-order valence-electron chi connectivity index (χ0n) is 7.71. The molecular formula is C10H8CeO3S. The molecule has 0 amide bonds. The molecule has 76 valence electrons. The van der Waals surface area contributed by atoms with E-state index in [2.05, 4.69) is 0 Å². The van der Waals surface area contributed by atoms with Crippen molar-refractivity contribution in [3.05, 3.63) is 42.5 Å². The Morgan fingerprint density at radius 1 is 0.933 bits per heavy atom. The summed E-state index contributed by atoms with van der Waals surface area (Å²) >= 11 is 0. The van der Waals surface area contributed by atoms with Crippen molar-refractivity contribution in [1.29, 1.82) is 0 Å². The molecule has 0 bridgehead atoms. The first-order valence-electron chi connectivity index (χ1n) is 4.04. The number of fused-ring (bicyclic) bond motifs is 1. The van der Waals surface area contributed by atoms with Gasteiger partial charge < -0.3 is 0 Å². The molecule has 0 unspecified atom stereocenters. The van der Waals surface area contributed by atoms with Gasteiger partial charge in [0.1, 0.15) is 4.90 Å². The van der Waals surface area contributed by atoms with Crippen LogP contribution >= 0.6 is 0 Å². The van der Waals surface area contributed by atoms with E-state index in [1.165, 1.54) is 6.07 Å². The maximum Gasteiger partial charge on any atom is 0.295 e. The fourth-order valence-electron chi connectivity index (χ4n) is 1.42. The van der Waals surface area contributed by atoms with Crippen molar-refractivity contribution < 1.29 is 54.7 Å². The second kappa shape index (κ2) is 4.88. The molecule has 2 aromatic rings. The number of hydrogen-bond donors (Lipinski definition) is 1. The largest absolute Gasteiger partial charge is 0.295 e. The molecule has 5 heteroatoms. The molecule has 0 spiro atoms. The molecule has 0 atom stereocenters. The minimum absolute atomic E-state index is 0. The molecule has 0 aromatic heterocycles. The standard InChI is InChI=1S/C10H8O3S.Ce/c11-14(12,13)10-7-3-5-8-4-1-2-6-9(8)10;/h1-7H,(H,11,12,13);. The summed E-state index contributed by atoms with van der Waals surface area (Å²) in [4.78, 5) is -0.0457. The fraction of sp³-hybridized carbons (Fsp3) is 0. The number of benzene rings is 2. The van der Waals surface area contributed by atoms with Crippen molar-refractivity contribution in [1.82, 2.24) is 0 Å².